The molecular formula is C25H27N3O2S. The molecule has 1 saturated heterocycles. The van der Waals surface area contributed by atoms with Crippen LogP contribution < -0.4 is 9.64 Å². The third-order valence-corrected chi connectivity index (χ3v) is 6.90. The Morgan fingerprint density at radius 3 is 2.52 bits per heavy atom. The number of amides is 1. The van der Waals surface area contributed by atoms with Gasteiger partial charge in [0.05, 0.1) is 23.2 Å². The summed E-state index contributed by atoms with van der Waals surface area (Å²) in [4.78, 5) is 22.0. The van der Waals surface area contributed by atoms with Crippen molar-refractivity contribution in [2.75, 3.05) is 26.1 Å². The van der Waals surface area contributed by atoms with E-state index in [1.165, 1.54) is 17.3 Å². The van der Waals surface area contributed by atoms with Gasteiger partial charge < -0.3 is 9.64 Å². The predicted octanol–water partition coefficient (Wildman–Crippen LogP) is 5.56. The SMILES string of the molecule is COc1cc2c(cc1/C=C1/SC(=Nc3ccccc3)N(C)C1=O)C(C)=CC(C)(C)N2C. The molecule has 0 bridgehead atoms. The number of nitrogens with zero attached hydrogens (tertiary/aromatic N) is 3. The Kier molecular flexibility index (Phi) is 5.43. The minimum atomic E-state index is -0.0785. The van der Waals surface area contributed by atoms with Crippen LogP contribution in [0.15, 0.2) is 58.4 Å². The summed E-state index contributed by atoms with van der Waals surface area (Å²) in [6.45, 7) is 6.52. The highest BCUT2D eigenvalue weighted by Crippen LogP contribution is 2.43. The maximum atomic E-state index is 12.9. The zero-order chi connectivity index (χ0) is 22.3. The minimum Gasteiger partial charge on any atom is -0.496 e. The lowest BCUT2D eigenvalue weighted by Gasteiger charge is -2.41. The monoisotopic (exact) mass is 433 g/mol. The Bertz CT molecular complexity index is 1130. The number of aliphatic imine (C=N–C) groups is 1. The van der Waals surface area contributed by atoms with Crippen molar-refractivity contribution in [2.45, 2.75) is 26.3 Å². The number of allylic oxidation sites excluding steroid dienone is 1. The molecule has 2 aromatic rings. The summed E-state index contributed by atoms with van der Waals surface area (Å²) in [6.07, 6.45) is 4.18. The first-order valence-electron chi connectivity index (χ1n) is 10.2. The van der Waals surface area contributed by atoms with Crippen LogP contribution in [-0.2, 0) is 4.79 Å². The van der Waals surface area contributed by atoms with E-state index in [0.29, 0.717) is 10.1 Å². The highest BCUT2D eigenvalue weighted by atomic mass is 32.2. The molecule has 1 fully saturated rings. The summed E-state index contributed by atoms with van der Waals surface area (Å²) in [7, 11) is 5.52. The smallest absolute Gasteiger partial charge is 0.266 e. The van der Waals surface area contributed by atoms with Crippen molar-refractivity contribution in [2.24, 2.45) is 4.99 Å². The molecule has 1 amide bonds. The minimum absolute atomic E-state index is 0.0648. The molecule has 31 heavy (non-hydrogen) atoms. The maximum absolute atomic E-state index is 12.9. The quantitative estimate of drug-likeness (QED) is 0.595. The molecule has 5 nitrogen and oxygen atoms in total. The highest BCUT2D eigenvalue weighted by Gasteiger charge is 2.32. The van der Waals surface area contributed by atoms with Gasteiger partial charge in [0, 0.05) is 37.0 Å². The Morgan fingerprint density at radius 2 is 1.84 bits per heavy atom. The molecule has 6 heteroatoms. The number of rotatable bonds is 3. The van der Waals surface area contributed by atoms with E-state index in [2.05, 4.69) is 55.9 Å². The predicted molar refractivity (Wildman–Crippen MR) is 131 cm³/mol. The second-order valence-corrected chi connectivity index (χ2v) is 9.37. The molecule has 0 N–H and O–H groups in total. The molecule has 2 aliphatic rings. The normalized spacial score (nSPS) is 20.3. The van der Waals surface area contributed by atoms with Crippen LogP contribution >= 0.6 is 11.8 Å². The van der Waals surface area contributed by atoms with Crippen LogP contribution in [0.4, 0.5) is 11.4 Å². The Labute approximate surface area is 188 Å². The number of hydrogen-bond donors (Lipinski definition) is 0. The maximum Gasteiger partial charge on any atom is 0.266 e. The van der Waals surface area contributed by atoms with Crippen molar-refractivity contribution in [1.82, 2.24) is 4.90 Å². The number of likely N-dealkylation sites (N-methyl/N-ethyl adjacent to an activating group) is 2. The Morgan fingerprint density at radius 1 is 1.13 bits per heavy atom. The molecule has 0 aliphatic carbocycles. The van der Waals surface area contributed by atoms with E-state index in [4.69, 9.17) is 4.74 Å². The molecule has 0 unspecified atom stereocenters. The topological polar surface area (TPSA) is 45.1 Å². The van der Waals surface area contributed by atoms with Gasteiger partial charge in [-0.05, 0) is 62.4 Å². The second kappa shape index (κ2) is 7.93. The van der Waals surface area contributed by atoms with Gasteiger partial charge in [0.15, 0.2) is 5.17 Å². The molecule has 2 heterocycles. The van der Waals surface area contributed by atoms with Crippen molar-refractivity contribution in [3.05, 3.63) is 64.6 Å². The highest BCUT2D eigenvalue weighted by molar-refractivity contribution is 8.18. The lowest BCUT2D eigenvalue weighted by Crippen LogP contribution is -2.42. The number of methoxy groups -OCH3 is 1. The number of amidine groups is 1. The number of carbonyl (C=O) groups is 1. The standard InChI is InChI=1S/C25H27N3O2S/c1-16-15-25(2,3)28(5)20-14-21(30-6)17(12-19(16)20)13-22-23(29)27(4)24(31-22)26-18-10-8-7-9-11-18/h7-15H,1-6H3/b22-13+,26-24?. The summed E-state index contributed by atoms with van der Waals surface area (Å²) in [5.41, 5.74) is 5.12. The summed E-state index contributed by atoms with van der Waals surface area (Å²) >= 11 is 1.38. The number of benzene rings is 2. The zero-order valence-electron chi connectivity index (χ0n) is 18.8. The van der Waals surface area contributed by atoms with E-state index in [9.17, 15) is 4.79 Å². The molecule has 0 atom stereocenters. The fourth-order valence-corrected chi connectivity index (χ4v) is 4.87. The molecule has 160 valence electrons. The van der Waals surface area contributed by atoms with Crippen LogP contribution in [0.25, 0.3) is 11.6 Å². The van der Waals surface area contributed by atoms with Gasteiger partial charge in [0.1, 0.15) is 5.75 Å². The number of ether oxygens (including phenoxy) is 1. The zero-order valence-corrected chi connectivity index (χ0v) is 19.6. The molecule has 2 aromatic carbocycles. The van der Waals surface area contributed by atoms with E-state index in [-0.39, 0.29) is 11.4 Å². The van der Waals surface area contributed by atoms with Crippen molar-refractivity contribution in [3.63, 3.8) is 0 Å². The van der Waals surface area contributed by atoms with Gasteiger partial charge >= 0.3 is 0 Å². The van der Waals surface area contributed by atoms with Crippen molar-refractivity contribution in [3.8, 4) is 5.75 Å². The van der Waals surface area contributed by atoms with Crippen molar-refractivity contribution < 1.29 is 9.53 Å². The molecule has 4 rings (SSSR count). The number of fused-ring (bicyclic) bond motifs is 1. The van der Waals surface area contributed by atoms with Gasteiger partial charge in [-0.25, -0.2) is 4.99 Å². The first kappa shape index (κ1) is 21.2. The number of para-hydroxylation sites is 1. The molecule has 0 saturated carbocycles. The number of hydrogen-bond acceptors (Lipinski definition) is 5. The number of anilines is 1. The van der Waals surface area contributed by atoms with Crippen LogP contribution in [0.1, 0.15) is 31.9 Å². The fourth-order valence-electron chi connectivity index (χ4n) is 3.89. The van der Waals surface area contributed by atoms with Gasteiger partial charge in [-0.2, -0.15) is 0 Å². The van der Waals surface area contributed by atoms with Gasteiger partial charge in [-0.3, -0.25) is 9.69 Å². The first-order valence-corrected chi connectivity index (χ1v) is 11.0. The summed E-state index contributed by atoms with van der Waals surface area (Å²) in [6, 6.07) is 13.8. The summed E-state index contributed by atoms with van der Waals surface area (Å²) in [5.74, 6) is 0.679. The van der Waals surface area contributed by atoms with E-state index in [0.717, 1.165) is 28.3 Å². The Hall–Kier alpha value is -2.99. The third-order valence-electron chi connectivity index (χ3n) is 5.84. The fraction of sp³-hybridized carbons (Fsp3) is 0.280. The molecular weight excluding hydrogens is 406 g/mol. The Balaban J connectivity index is 1.75. The van der Waals surface area contributed by atoms with E-state index < -0.39 is 0 Å². The van der Waals surface area contributed by atoms with Gasteiger partial charge in [-0.1, -0.05) is 24.3 Å². The largest absolute Gasteiger partial charge is 0.496 e. The van der Waals surface area contributed by atoms with E-state index in [1.54, 1.807) is 19.1 Å². The van der Waals surface area contributed by atoms with Crippen LogP contribution in [-0.4, -0.2) is 42.7 Å². The number of carbonyl (C=O) groups excluding carboxylic acids is 1. The lowest BCUT2D eigenvalue weighted by atomic mass is 9.88. The van der Waals surface area contributed by atoms with Gasteiger partial charge in [0.25, 0.3) is 5.91 Å². The molecule has 0 radical (unpaired) electrons. The van der Waals surface area contributed by atoms with Crippen LogP contribution in [0, 0.1) is 0 Å². The average molecular weight is 434 g/mol. The summed E-state index contributed by atoms with van der Waals surface area (Å²) in [5, 5.41) is 0.664. The van der Waals surface area contributed by atoms with E-state index >= 15 is 0 Å². The average Bonchev–Trinajstić information content (AvgIpc) is 3.00. The first-order chi connectivity index (χ1) is 14.7. The van der Waals surface area contributed by atoms with Crippen LogP contribution in [0.3, 0.4) is 0 Å². The third kappa shape index (κ3) is 3.88. The lowest BCUT2D eigenvalue weighted by molar-refractivity contribution is -0.121. The molecule has 2 aliphatic heterocycles. The second-order valence-electron chi connectivity index (χ2n) is 8.36. The van der Waals surface area contributed by atoms with Crippen LogP contribution in [0.2, 0.25) is 0 Å². The van der Waals surface area contributed by atoms with Crippen molar-refractivity contribution >= 4 is 45.9 Å². The van der Waals surface area contributed by atoms with Gasteiger partial charge in [0.2, 0.25) is 0 Å². The summed E-state index contributed by atoms with van der Waals surface area (Å²) < 4.78 is 5.70. The molecule has 0 aromatic heterocycles. The van der Waals surface area contributed by atoms with Crippen LogP contribution in [0.5, 0.6) is 5.75 Å². The van der Waals surface area contributed by atoms with Crippen molar-refractivity contribution in [1.29, 1.82) is 0 Å². The van der Waals surface area contributed by atoms with Gasteiger partial charge in [-0.15, -0.1) is 0 Å². The van der Waals surface area contributed by atoms with E-state index in [1.807, 2.05) is 36.4 Å². The molecule has 0 spiro atoms. The number of thioether (sulfide) groups is 1.